The summed E-state index contributed by atoms with van der Waals surface area (Å²) in [6.07, 6.45) is 1.40. The fourth-order valence-electron chi connectivity index (χ4n) is 1.59. The van der Waals surface area contributed by atoms with Gasteiger partial charge in [-0.3, -0.25) is 0 Å². The second-order valence-corrected chi connectivity index (χ2v) is 4.01. The van der Waals surface area contributed by atoms with Crippen LogP contribution in [-0.2, 0) is 0 Å². The molecule has 5 nitrogen and oxygen atoms in total. The molecule has 0 aliphatic rings. The molecule has 0 unspecified atom stereocenters. The molecule has 6 heteroatoms. The van der Waals surface area contributed by atoms with E-state index in [9.17, 15) is 4.39 Å². The van der Waals surface area contributed by atoms with Crippen LogP contribution in [0.3, 0.4) is 0 Å². The minimum atomic E-state index is -0.341. The first-order chi connectivity index (χ1) is 9.20. The second-order valence-electron chi connectivity index (χ2n) is 4.01. The Labute approximate surface area is 110 Å². The van der Waals surface area contributed by atoms with Crippen LogP contribution in [0.5, 0.6) is 0 Å². The molecule has 0 saturated heterocycles. The minimum absolute atomic E-state index is 0.0383. The number of benzene rings is 1. The highest BCUT2D eigenvalue weighted by molar-refractivity contribution is 5.59. The molecule has 1 aromatic heterocycles. The van der Waals surface area contributed by atoms with Gasteiger partial charge in [0.1, 0.15) is 23.8 Å². The third-order valence-corrected chi connectivity index (χ3v) is 2.62. The van der Waals surface area contributed by atoms with Crippen LogP contribution in [0.2, 0.25) is 0 Å². The predicted octanol–water partition coefficient (Wildman–Crippen LogP) is 1.79. The van der Waals surface area contributed by atoms with Crippen molar-refractivity contribution in [2.45, 2.75) is 0 Å². The highest BCUT2D eigenvalue weighted by Crippen LogP contribution is 2.19. The molecular weight excluding hydrogens is 247 g/mol. The average Bonchev–Trinajstić information content (AvgIpc) is 2.42. The van der Waals surface area contributed by atoms with Crippen molar-refractivity contribution in [3.8, 4) is 0 Å². The van der Waals surface area contributed by atoms with Crippen LogP contribution in [0, 0.1) is 5.82 Å². The molecule has 2 N–H and O–H groups in total. The number of aliphatic hydroxyl groups is 1. The summed E-state index contributed by atoms with van der Waals surface area (Å²) in [5.41, 5.74) is 0.358. The van der Waals surface area contributed by atoms with Crippen LogP contribution in [-0.4, -0.2) is 35.3 Å². The standard InChI is InChI=1S/C13H15FN4O/c1-18(6-7-19)13-8-12(15-9-16-13)17-11-5-3-2-4-10(11)14/h2-5,8-9,19H,6-7H2,1H3,(H,15,16,17). The number of aromatic nitrogens is 2. The first-order valence-electron chi connectivity index (χ1n) is 5.86. The van der Waals surface area contributed by atoms with Crippen LogP contribution >= 0.6 is 0 Å². The fraction of sp³-hybridized carbons (Fsp3) is 0.231. The number of nitrogens with zero attached hydrogens (tertiary/aromatic N) is 3. The van der Waals surface area contributed by atoms with Crippen molar-refractivity contribution in [2.75, 3.05) is 30.4 Å². The molecular formula is C13H15FN4O. The Balaban J connectivity index is 2.18. The second kappa shape index (κ2) is 6.10. The number of hydrogen-bond donors (Lipinski definition) is 2. The van der Waals surface area contributed by atoms with Crippen LogP contribution < -0.4 is 10.2 Å². The van der Waals surface area contributed by atoms with E-state index in [1.165, 1.54) is 12.4 Å². The van der Waals surface area contributed by atoms with Crippen LogP contribution in [0.15, 0.2) is 36.7 Å². The normalized spacial score (nSPS) is 10.3. The van der Waals surface area contributed by atoms with Gasteiger partial charge in [0.05, 0.1) is 12.3 Å². The zero-order chi connectivity index (χ0) is 13.7. The molecule has 1 aromatic carbocycles. The first kappa shape index (κ1) is 13.2. The van der Waals surface area contributed by atoms with E-state index in [2.05, 4.69) is 15.3 Å². The molecule has 0 radical (unpaired) electrons. The van der Waals surface area contributed by atoms with E-state index in [1.807, 2.05) is 7.05 Å². The topological polar surface area (TPSA) is 61.3 Å². The van der Waals surface area contributed by atoms with Crippen molar-refractivity contribution in [1.82, 2.24) is 9.97 Å². The van der Waals surface area contributed by atoms with Crippen molar-refractivity contribution >= 4 is 17.3 Å². The third kappa shape index (κ3) is 3.38. The number of rotatable bonds is 5. The summed E-state index contributed by atoms with van der Waals surface area (Å²) in [7, 11) is 1.81. The van der Waals surface area contributed by atoms with E-state index in [-0.39, 0.29) is 12.4 Å². The van der Waals surface area contributed by atoms with Gasteiger partial charge in [-0.25, -0.2) is 14.4 Å². The number of anilines is 3. The molecule has 2 aromatic rings. The lowest BCUT2D eigenvalue weighted by Gasteiger charge is -2.17. The Hall–Kier alpha value is -2.21. The smallest absolute Gasteiger partial charge is 0.146 e. The quantitative estimate of drug-likeness (QED) is 0.860. The van der Waals surface area contributed by atoms with Crippen LogP contribution in [0.4, 0.5) is 21.7 Å². The van der Waals surface area contributed by atoms with Crippen molar-refractivity contribution in [2.24, 2.45) is 0 Å². The van der Waals surface area contributed by atoms with E-state index in [1.54, 1.807) is 29.2 Å². The summed E-state index contributed by atoms with van der Waals surface area (Å²) in [5, 5.41) is 11.8. The molecule has 100 valence electrons. The van der Waals surface area contributed by atoms with Crippen molar-refractivity contribution in [3.63, 3.8) is 0 Å². The highest BCUT2D eigenvalue weighted by Gasteiger charge is 2.06. The van der Waals surface area contributed by atoms with Crippen molar-refractivity contribution in [1.29, 1.82) is 0 Å². The number of para-hydroxylation sites is 1. The van der Waals surface area contributed by atoms with E-state index >= 15 is 0 Å². The van der Waals surface area contributed by atoms with Gasteiger partial charge in [0.15, 0.2) is 0 Å². The summed E-state index contributed by atoms with van der Waals surface area (Å²) >= 11 is 0. The van der Waals surface area contributed by atoms with Crippen LogP contribution in [0.1, 0.15) is 0 Å². The number of halogens is 1. The van der Waals surface area contributed by atoms with Gasteiger partial charge in [0, 0.05) is 19.7 Å². The third-order valence-electron chi connectivity index (χ3n) is 2.62. The number of likely N-dealkylation sites (N-methyl/N-ethyl adjacent to an activating group) is 1. The van der Waals surface area contributed by atoms with E-state index in [4.69, 9.17) is 5.11 Å². The molecule has 1 heterocycles. The summed E-state index contributed by atoms with van der Waals surface area (Å²) < 4.78 is 13.5. The van der Waals surface area contributed by atoms with Crippen LogP contribution in [0.25, 0.3) is 0 Å². The van der Waals surface area contributed by atoms with E-state index in [0.29, 0.717) is 23.9 Å². The summed E-state index contributed by atoms with van der Waals surface area (Å²) in [5.74, 6) is 0.814. The maximum atomic E-state index is 13.5. The number of aliphatic hydroxyl groups excluding tert-OH is 1. The predicted molar refractivity (Wildman–Crippen MR) is 72.1 cm³/mol. The number of nitrogens with one attached hydrogen (secondary N) is 1. The fourth-order valence-corrected chi connectivity index (χ4v) is 1.59. The Kier molecular flexibility index (Phi) is 4.25. The van der Waals surface area contributed by atoms with Gasteiger partial charge >= 0.3 is 0 Å². The molecule has 0 bridgehead atoms. The summed E-state index contributed by atoms with van der Waals surface area (Å²) in [4.78, 5) is 9.92. The molecule has 19 heavy (non-hydrogen) atoms. The monoisotopic (exact) mass is 262 g/mol. The van der Waals surface area contributed by atoms with Crippen molar-refractivity contribution in [3.05, 3.63) is 42.5 Å². The zero-order valence-corrected chi connectivity index (χ0v) is 10.5. The Morgan fingerprint density at radius 2 is 2.11 bits per heavy atom. The molecule has 0 saturated carbocycles. The molecule has 0 aliphatic carbocycles. The van der Waals surface area contributed by atoms with Gasteiger partial charge < -0.3 is 15.3 Å². The maximum Gasteiger partial charge on any atom is 0.146 e. The lowest BCUT2D eigenvalue weighted by atomic mass is 10.3. The molecule has 2 rings (SSSR count). The molecule has 0 fully saturated rings. The maximum absolute atomic E-state index is 13.5. The van der Waals surface area contributed by atoms with Gasteiger partial charge in [0.2, 0.25) is 0 Å². The van der Waals surface area contributed by atoms with Gasteiger partial charge in [-0.1, -0.05) is 12.1 Å². The Bertz CT molecular complexity index is 550. The number of hydrogen-bond acceptors (Lipinski definition) is 5. The van der Waals surface area contributed by atoms with Gasteiger partial charge in [-0.15, -0.1) is 0 Å². The lowest BCUT2D eigenvalue weighted by molar-refractivity contribution is 0.304. The molecule has 0 atom stereocenters. The molecule has 0 amide bonds. The minimum Gasteiger partial charge on any atom is -0.395 e. The lowest BCUT2D eigenvalue weighted by Crippen LogP contribution is -2.22. The van der Waals surface area contributed by atoms with Gasteiger partial charge in [-0.05, 0) is 12.1 Å². The largest absolute Gasteiger partial charge is 0.395 e. The van der Waals surface area contributed by atoms with E-state index in [0.717, 1.165) is 0 Å². The summed E-state index contributed by atoms with van der Waals surface area (Å²) in [6.45, 7) is 0.507. The van der Waals surface area contributed by atoms with E-state index < -0.39 is 0 Å². The Morgan fingerprint density at radius 3 is 2.84 bits per heavy atom. The molecule has 0 spiro atoms. The zero-order valence-electron chi connectivity index (χ0n) is 10.5. The molecule has 0 aliphatic heterocycles. The van der Waals surface area contributed by atoms with Crippen molar-refractivity contribution < 1.29 is 9.50 Å². The van der Waals surface area contributed by atoms with Gasteiger partial charge in [-0.2, -0.15) is 0 Å². The summed E-state index contributed by atoms with van der Waals surface area (Å²) in [6, 6.07) is 8.07. The first-order valence-corrected chi connectivity index (χ1v) is 5.86. The average molecular weight is 262 g/mol. The SMILES string of the molecule is CN(CCO)c1cc(Nc2ccccc2F)ncn1. The van der Waals surface area contributed by atoms with Gasteiger partial charge in [0.25, 0.3) is 0 Å². The highest BCUT2D eigenvalue weighted by atomic mass is 19.1. The Morgan fingerprint density at radius 1 is 1.32 bits per heavy atom.